The van der Waals surface area contributed by atoms with Crippen molar-refractivity contribution in [2.24, 2.45) is 0 Å². The molecule has 0 aromatic rings. The van der Waals surface area contributed by atoms with E-state index in [1.54, 1.807) is 0 Å². The van der Waals surface area contributed by atoms with E-state index in [-0.39, 0.29) is 0 Å². The molecule has 17 heavy (non-hydrogen) atoms. The highest BCUT2D eigenvalue weighted by atomic mass is 16.1. The van der Waals surface area contributed by atoms with Crippen LogP contribution >= 0.6 is 0 Å². The SMILES string of the molecule is CCCC/C=C\CCC/C=C/CCCCC=O. The van der Waals surface area contributed by atoms with Crippen LogP contribution in [-0.4, -0.2) is 6.29 Å². The van der Waals surface area contributed by atoms with Gasteiger partial charge in [-0.25, -0.2) is 0 Å². The molecule has 0 aromatic heterocycles. The van der Waals surface area contributed by atoms with Crippen LogP contribution in [0.15, 0.2) is 24.3 Å². The van der Waals surface area contributed by atoms with Crippen molar-refractivity contribution in [1.82, 2.24) is 0 Å². The van der Waals surface area contributed by atoms with Gasteiger partial charge in [-0.1, -0.05) is 44.1 Å². The highest BCUT2D eigenvalue weighted by Crippen LogP contribution is 2.03. The third-order valence-corrected chi connectivity index (χ3v) is 2.74. The highest BCUT2D eigenvalue weighted by molar-refractivity contribution is 5.48. The van der Waals surface area contributed by atoms with Crippen LogP contribution in [0.5, 0.6) is 0 Å². The first-order valence-corrected chi connectivity index (χ1v) is 7.15. The first-order valence-electron chi connectivity index (χ1n) is 7.15. The lowest BCUT2D eigenvalue weighted by molar-refractivity contribution is -0.107. The Labute approximate surface area is 107 Å². The van der Waals surface area contributed by atoms with Crippen LogP contribution in [0.25, 0.3) is 0 Å². The van der Waals surface area contributed by atoms with Crippen molar-refractivity contribution < 1.29 is 4.79 Å². The molecule has 0 rings (SSSR count). The van der Waals surface area contributed by atoms with Gasteiger partial charge in [0.2, 0.25) is 0 Å². The van der Waals surface area contributed by atoms with Crippen molar-refractivity contribution in [1.29, 1.82) is 0 Å². The lowest BCUT2D eigenvalue weighted by Crippen LogP contribution is -1.76. The Morgan fingerprint density at radius 1 is 0.647 bits per heavy atom. The fourth-order valence-electron chi connectivity index (χ4n) is 1.64. The zero-order valence-corrected chi connectivity index (χ0v) is 11.4. The van der Waals surface area contributed by atoms with Gasteiger partial charge in [-0.15, -0.1) is 0 Å². The Morgan fingerprint density at radius 3 is 1.65 bits per heavy atom. The molecule has 0 spiro atoms. The molecule has 0 aromatic carbocycles. The van der Waals surface area contributed by atoms with E-state index in [0.29, 0.717) is 0 Å². The second-order valence-corrected chi connectivity index (χ2v) is 4.47. The molecule has 0 atom stereocenters. The van der Waals surface area contributed by atoms with E-state index in [1.807, 2.05) is 0 Å². The van der Waals surface area contributed by atoms with E-state index in [4.69, 9.17) is 0 Å². The first kappa shape index (κ1) is 16.1. The quantitative estimate of drug-likeness (QED) is 0.258. The number of allylic oxidation sites excluding steroid dienone is 4. The summed E-state index contributed by atoms with van der Waals surface area (Å²) in [6.07, 6.45) is 21.7. The summed E-state index contributed by atoms with van der Waals surface area (Å²) in [7, 11) is 0. The zero-order valence-electron chi connectivity index (χ0n) is 11.4. The molecule has 0 heterocycles. The standard InChI is InChI=1S/C16H28O/c1-2-3-4-5-6-7-8-9-10-11-12-13-14-15-16-17/h5-6,10-11,16H,2-4,7-9,12-15H2,1H3/b6-5-,11-10+. The van der Waals surface area contributed by atoms with Crippen LogP contribution in [0.3, 0.4) is 0 Å². The molecular formula is C16H28O. The van der Waals surface area contributed by atoms with Crippen LogP contribution in [0.2, 0.25) is 0 Å². The zero-order chi connectivity index (χ0) is 12.6. The van der Waals surface area contributed by atoms with Crippen LogP contribution in [-0.2, 0) is 4.79 Å². The van der Waals surface area contributed by atoms with E-state index < -0.39 is 0 Å². The molecular weight excluding hydrogens is 208 g/mol. The molecule has 0 bridgehead atoms. The molecule has 0 aliphatic carbocycles. The van der Waals surface area contributed by atoms with Crippen LogP contribution in [0.4, 0.5) is 0 Å². The fourth-order valence-corrected chi connectivity index (χ4v) is 1.64. The van der Waals surface area contributed by atoms with Crippen LogP contribution in [0, 0.1) is 0 Å². The van der Waals surface area contributed by atoms with E-state index in [2.05, 4.69) is 31.2 Å². The van der Waals surface area contributed by atoms with E-state index >= 15 is 0 Å². The fraction of sp³-hybridized carbons (Fsp3) is 0.688. The molecule has 0 N–H and O–H groups in total. The minimum atomic E-state index is 0.719. The molecule has 0 unspecified atom stereocenters. The summed E-state index contributed by atoms with van der Waals surface area (Å²) >= 11 is 0. The summed E-state index contributed by atoms with van der Waals surface area (Å²) < 4.78 is 0. The van der Waals surface area contributed by atoms with Crippen molar-refractivity contribution in [2.75, 3.05) is 0 Å². The smallest absolute Gasteiger partial charge is 0.119 e. The van der Waals surface area contributed by atoms with Gasteiger partial charge in [-0.3, -0.25) is 0 Å². The van der Waals surface area contributed by atoms with Crippen molar-refractivity contribution in [3.05, 3.63) is 24.3 Å². The number of hydrogen-bond acceptors (Lipinski definition) is 1. The summed E-state index contributed by atoms with van der Waals surface area (Å²) in [5.41, 5.74) is 0. The van der Waals surface area contributed by atoms with Gasteiger partial charge in [0.05, 0.1) is 0 Å². The van der Waals surface area contributed by atoms with E-state index in [9.17, 15) is 4.79 Å². The predicted molar refractivity (Wildman–Crippen MR) is 76.2 cm³/mol. The van der Waals surface area contributed by atoms with Crippen molar-refractivity contribution in [2.45, 2.75) is 71.1 Å². The Morgan fingerprint density at radius 2 is 1.12 bits per heavy atom. The molecule has 1 heteroatoms. The maximum atomic E-state index is 10.1. The number of unbranched alkanes of at least 4 members (excludes halogenated alkanes) is 7. The number of carbonyl (C=O) groups excluding carboxylic acids is 1. The topological polar surface area (TPSA) is 17.1 Å². The summed E-state index contributed by atoms with van der Waals surface area (Å²) in [5.74, 6) is 0. The average Bonchev–Trinajstić information content (AvgIpc) is 2.35. The summed E-state index contributed by atoms with van der Waals surface area (Å²) in [6.45, 7) is 2.23. The van der Waals surface area contributed by atoms with Gasteiger partial charge in [0.1, 0.15) is 6.29 Å². The number of rotatable bonds is 12. The van der Waals surface area contributed by atoms with Crippen LogP contribution < -0.4 is 0 Å². The van der Waals surface area contributed by atoms with Crippen LogP contribution in [0.1, 0.15) is 71.1 Å². The third kappa shape index (κ3) is 15.1. The molecule has 0 amide bonds. The lowest BCUT2D eigenvalue weighted by Gasteiger charge is -1.93. The Bertz CT molecular complexity index is 204. The van der Waals surface area contributed by atoms with Crippen molar-refractivity contribution >= 4 is 6.29 Å². The maximum Gasteiger partial charge on any atom is 0.119 e. The number of carbonyl (C=O) groups is 1. The predicted octanol–water partition coefficient (Wildman–Crippen LogP) is 5.22. The Kier molecular flexibility index (Phi) is 14.4. The molecule has 0 saturated heterocycles. The number of hydrogen-bond donors (Lipinski definition) is 0. The lowest BCUT2D eigenvalue weighted by atomic mass is 10.1. The summed E-state index contributed by atoms with van der Waals surface area (Å²) in [6, 6.07) is 0. The summed E-state index contributed by atoms with van der Waals surface area (Å²) in [5, 5.41) is 0. The van der Waals surface area contributed by atoms with Crippen molar-refractivity contribution in [3.8, 4) is 0 Å². The van der Waals surface area contributed by atoms with E-state index in [0.717, 1.165) is 32.0 Å². The normalized spacial score (nSPS) is 11.6. The van der Waals surface area contributed by atoms with Gasteiger partial charge in [0.25, 0.3) is 0 Å². The minimum Gasteiger partial charge on any atom is -0.303 e. The maximum absolute atomic E-state index is 10.1. The van der Waals surface area contributed by atoms with Gasteiger partial charge in [-0.05, 0) is 44.9 Å². The Hall–Kier alpha value is -0.850. The van der Waals surface area contributed by atoms with Crippen molar-refractivity contribution in [3.63, 3.8) is 0 Å². The largest absolute Gasteiger partial charge is 0.303 e. The van der Waals surface area contributed by atoms with E-state index in [1.165, 1.54) is 38.5 Å². The van der Waals surface area contributed by atoms with Gasteiger partial charge in [0.15, 0.2) is 0 Å². The monoisotopic (exact) mass is 236 g/mol. The van der Waals surface area contributed by atoms with Gasteiger partial charge in [0, 0.05) is 6.42 Å². The minimum absolute atomic E-state index is 0.719. The molecule has 0 aliphatic rings. The Balaban J connectivity index is 3.13. The molecule has 98 valence electrons. The van der Waals surface area contributed by atoms with Gasteiger partial charge in [-0.2, -0.15) is 0 Å². The molecule has 0 fully saturated rings. The molecule has 0 radical (unpaired) electrons. The number of aldehydes is 1. The third-order valence-electron chi connectivity index (χ3n) is 2.74. The highest BCUT2D eigenvalue weighted by Gasteiger charge is 1.85. The molecule has 0 aliphatic heterocycles. The average molecular weight is 236 g/mol. The molecule has 0 saturated carbocycles. The van der Waals surface area contributed by atoms with Gasteiger partial charge < -0.3 is 4.79 Å². The molecule has 1 nitrogen and oxygen atoms in total. The summed E-state index contributed by atoms with van der Waals surface area (Å²) in [4.78, 5) is 10.1. The first-order chi connectivity index (χ1) is 8.41. The second kappa shape index (κ2) is 15.1. The second-order valence-electron chi connectivity index (χ2n) is 4.47. The van der Waals surface area contributed by atoms with Gasteiger partial charge >= 0.3 is 0 Å².